The number of thioether (sulfide) groups is 1. The van der Waals surface area contributed by atoms with Crippen molar-refractivity contribution in [3.05, 3.63) is 29.8 Å². The molecule has 0 amide bonds. The molecule has 1 aromatic carbocycles. The molecule has 6 nitrogen and oxygen atoms in total. The van der Waals surface area contributed by atoms with E-state index >= 15 is 0 Å². The highest BCUT2D eigenvalue weighted by Gasteiger charge is 2.43. The molecule has 1 heterocycles. The van der Waals surface area contributed by atoms with Crippen molar-refractivity contribution in [3.8, 4) is 0 Å². The molecule has 1 aliphatic rings. The Labute approximate surface area is 121 Å². The zero-order valence-electron chi connectivity index (χ0n) is 10.8. The molecule has 1 fully saturated rings. The van der Waals surface area contributed by atoms with Gasteiger partial charge in [-0.3, -0.25) is 0 Å². The van der Waals surface area contributed by atoms with Crippen LogP contribution in [0, 0.1) is 0 Å². The molecule has 0 spiro atoms. The third-order valence-corrected chi connectivity index (χ3v) is 4.46. The van der Waals surface area contributed by atoms with Gasteiger partial charge in [-0.25, -0.2) is 0 Å². The summed E-state index contributed by atoms with van der Waals surface area (Å²) < 4.78 is 5.40. The van der Waals surface area contributed by atoms with Crippen molar-refractivity contribution in [2.24, 2.45) is 0 Å². The van der Waals surface area contributed by atoms with Gasteiger partial charge in [-0.1, -0.05) is 12.1 Å². The first-order valence-corrected chi connectivity index (χ1v) is 7.34. The van der Waals surface area contributed by atoms with E-state index in [-0.39, 0.29) is 0 Å². The molecule has 1 aliphatic heterocycles. The van der Waals surface area contributed by atoms with Crippen LogP contribution in [0.3, 0.4) is 0 Å². The quantitative estimate of drug-likeness (QED) is 0.467. The summed E-state index contributed by atoms with van der Waals surface area (Å²) in [7, 11) is 0. The van der Waals surface area contributed by atoms with E-state index in [0.717, 1.165) is 5.56 Å². The number of rotatable bonds is 4. The fourth-order valence-corrected chi connectivity index (χ4v) is 3.13. The molecule has 2 rings (SSSR count). The van der Waals surface area contributed by atoms with Gasteiger partial charge in [0, 0.05) is 11.4 Å². The van der Waals surface area contributed by atoms with Crippen molar-refractivity contribution in [3.63, 3.8) is 0 Å². The Morgan fingerprint density at radius 1 is 1.05 bits per heavy atom. The van der Waals surface area contributed by atoms with Gasteiger partial charge >= 0.3 is 0 Å². The lowest BCUT2D eigenvalue weighted by Gasteiger charge is -2.39. The molecule has 0 aliphatic carbocycles. The van der Waals surface area contributed by atoms with Crippen molar-refractivity contribution in [2.45, 2.75) is 35.6 Å². The minimum Gasteiger partial charge on any atom is -0.399 e. The molecule has 0 unspecified atom stereocenters. The van der Waals surface area contributed by atoms with Gasteiger partial charge in [-0.2, -0.15) is 0 Å². The normalized spacial score (nSPS) is 34.1. The van der Waals surface area contributed by atoms with Gasteiger partial charge < -0.3 is 30.9 Å². The standard InChI is InChI=1S/C13H19NO5S/c14-8-3-1-7(2-4-8)6-20-13-12(18)11(17)10(16)9(5-15)19-13/h1-4,9-13,15-18H,5-6,14H2/t9-,10+,11+,12+,13+/m1/s1. The fraction of sp³-hybridized carbons (Fsp3) is 0.538. The molecule has 1 aromatic rings. The zero-order chi connectivity index (χ0) is 14.7. The van der Waals surface area contributed by atoms with Crippen molar-refractivity contribution < 1.29 is 25.2 Å². The first-order chi connectivity index (χ1) is 9.52. The van der Waals surface area contributed by atoms with E-state index in [9.17, 15) is 15.3 Å². The van der Waals surface area contributed by atoms with E-state index in [0.29, 0.717) is 11.4 Å². The summed E-state index contributed by atoms with van der Waals surface area (Å²) in [6.45, 7) is -0.413. The lowest BCUT2D eigenvalue weighted by atomic mass is 10.0. The van der Waals surface area contributed by atoms with Crippen molar-refractivity contribution in [2.75, 3.05) is 12.3 Å². The molecule has 7 heteroatoms. The number of hydrogen-bond acceptors (Lipinski definition) is 7. The van der Waals surface area contributed by atoms with Crippen LogP contribution in [0.1, 0.15) is 5.56 Å². The summed E-state index contributed by atoms with van der Waals surface area (Å²) in [5, 5.41) is 38.3. The van der Waals surface area contributed by atoms with Gasteiger partial charge in [0.1, 0.15) is 29.9 Å². The summed E-state index contributed by atoms with van der Waals surface area (Å²) in [6, 6.07) is 7.30. The minimum atomic E-state index is -1.33. The van der Waals surface area contributed by atoms with Crippen LogP contribution in [0.2, 0.25) is 0 Å². The van der Waals surface area contributed by atoms with Crippen LogP contribution in [-0.2, 0) is 10.5 Å². The van der Waals surface area contributed by atoms with E-state index in [1.807, 2.05) is 12.1 Å². The third-order valence-electron chi connectivity index (χ3n) is 3.24. The Bertz CT molecular complexity index is 427. The Morgan fingerprint density at radius 3 is 2.30 bits per heavy atom. The average molecular weight is 301 g/mol. The summed E-state index contributed by atoms with van der Waals surface area (Å²) in [4.78, 5) is 0. The number of ether oxygens (including phenoxy) is 1. The first-order valence-electron chi connectivity index (χ1n) is 6.29. The molecular weight excluding hydrogens is 282 g/mol. The lowest BCUT2D eigenvalue weighted by molar-refractivity contribution is -0.205. The largest absolute Gasteiger partial charge is 0.399 e. The summed E-state index contributed by atoms with van der Waals surface area (Å²) in [5.74, 6) is 0.559. The maximum atomic E-state index is 9.89. The summed E-state index contributed by atoms with van der Waals surface area (Å²) in [5.41, 5.74) is 6.57. The fourth-order valence-electron chi connectivity index (χ4n) is 2.00. The monoisotopic (exact) mass is 301 g/mol. The van der Waals surface area contributed by atoms with Gasteiger partial charge in [0.2, 0.25) is 0 Å². The molecule has 0 saturated carbocycles. The van der Waals surface area contributed by atoms with Crippen LogP contribution in [0.5, 0.6) is 0 Å². The van der Waals surface area contributed by atoms with Crippen LogP contribution >= 0.6 is 11.8 Å². The number of hydrogen-bond donors (Lipinski definition) is 5. The number of anilines is 1. The van der Waals surface area contributed by atoms with Crippen LogP contribution < -0.4 is 5.73 Å². The predicted molar refractivity (Wildman–Crippen MR) is 75.9 cm³/mol. The number of aliphatic hydroxyl groups excluding tert-OH is 4. The Balaban J connectivity index is 1.95. The van der Waals surface area contributed by atoms with E-state index in [2.05, 4.69) is 0 Å². The molecule has 5 atom stereocenters. The van der Waals surface area contributed by atoms with Crippen molar-refractivity contribution in [1.82, 2.24) is 0 Å². The number of benzene rings is 1. The predicted octanol–water partition coefficient (Wildman–Crippen LogP) is -0.698. The van der Waals surface area contributed by atoms with Gasteiger partial charge in [-0.05, 0) is 17.7 Å². The van der Waals surface area contributed by atoms with E-state index in [1.165, 1.54) is 11.8 Å². The third kappa shape index (κ3) is 3.43. The number of nitrogens with two attached hydrogens (primary N) is 1. The highest BCUT2D eigenvalue weighted by Crippen LogP contribution is 2.30. The van der Waals surface area contributed by atoms with Crippen molar-refractivity contribution >= 4 is 17.4 Å². The Morgan fingerprint density at radius 2 is 1.70 bits per heavy atom. The lowest BCUT2D eigenvalue weighted by Crippen LogP contribution is -2.57. The molecule has 20 heavy (non-hydrogen) atoms. The van der Waals surface area contributed by atoms with E-state index < -0.39 is 36.5 Å². The zero-order valence-corrected chi connectivity index (χ0v) is 11.6. The van der Waals surface area contributed by atoms with Crippen molar-refractivity contribution in [1.29, 1.82) is 0 Å². The van der Waals surface area contributed by atoms with Gasteiger partial charge in [0.05, 0.1) is 6.61 Å². The second-order valence-corrected chi connectivity index (χ2v) is 5.84. The molecular formula is C13H19NO5S. The van der Waals surface area contributed by atoms with Gasteiger partial charge in [0.25, 0.3) is 0 Å². The summed E-state index contributed by atoms with van der Waals surface area (Å²) in [6.07, 6.45) is -4.71. The Kier molecular flexibility index (Phi) is 5.25. The SMILES string of the molecule is Nc1ccc(CS[C@@H]2O[C@H](CO)[C@H](O)[C@H](O)[C@@H]2O)cc1. The maximum Gasteiger partial charge on any atom is 0.132 e. The van der Waals surface area contributed by atoms with E-state index in [1.54, 1.807) is 12.1 Å². The van der Waals surface area contributed by atoms with Gasteiger partial charge in [0.15, 0.2) is 0 Å². The summed E-state index contributed by atoms with van der Waals surface area (Å²) >= 11 is 1.29. The Hall–Kier alpha value is -0.830. The minimum absolute atomic E-state index is 0.413. The number of aliphatic hydroxyl groups is 4. The van der Waals surface area contributed by atoms with Crippen LogP contribution in [0.15, 0.2) is 24.3 Å². The van der Waals surface area contributed by atoms with Crippen LogP contribution in [0.25, 0.3) is 0 Å². The molecule has 0 bridgehead atoms. The second-order valence-electron chi connectivity index (χ2n) is 4.75. The van der Waals surface area contributed by atoms with Crippen LogP contribution in [0.4, 0.5) is 5.69 Å². The molecule has 0 radical (unpaired) electrons. The second kappa shape index (κ2) is 6.75. The number of nitrogen functional groups attached to an aromatic ring is 1. The molecule has 0 aromatic heterocycles. The molecule has 1 saturated heterocycles. The smallest absolute Gasteiger partial charge is 0.132 e. The first kappa shape index (κ1) is 15.6. The highest BCUT2D eigenvalue weighted by molar-refractivity contribution is 7.99. The highest BCUT2D eigenvalue weighted by atomic mass is 32.2. The average Bonchev–Trinajstić information content (AvgIpc) is 2.46. The van der Waals surface area contributed by atoms with Gasteiger partial charge in [-0.15, -0.1) is 11.8 Å². The van der Waals surface area contributed by atoms with Crippen LogP contribution in [-0.4, -0.2) is 56.9 Å². The van der Waals surface area contributed by atoms with E-state index in [4.69, 9.17) is 15.6 Å². The molecule has 112 valence electrons. The molecule has 6 N–H and O–H groups in total. The topological polar surface area (TPSA) is 116 Å². The maximum absolute atomic E-state index is 9.89.